The second-order valence-corrected chi connectivity index (χ2v) is 12.4. The topological polar surface area (TPSA) is 121 Å². The van der Waals surface area contributed by atoms with Gasteiger partial charge < -0.3 is 20.1 Å². The van der Waals surface area contributed by atoms with Crippen molar-refractivity contribution in [2.45, 2.75) is 81.5 Å². The molecular formula is C28H35ClN4O5S. The predicted molar refractivity (Wildman–Crippen MR) is 150 cm³/mol. The molecule has 1 aliphatic carbocycles. The smallest absolute Gasteiger partial charge is 0.280 e. The monoisotopic (exact) mass is 574 g/mol. The molecule has 1 aromatic rings. The number of amides is 2. The fourth-order valence-corrected chi connectivity index (χ4v) is 7.07. The van der Waals surface area contributed by atoms with Crippen LogP contribution in [0.15, 0.2) is 28.9 Å². The number of likely N-dealkylation sites (tertiary alicyclic amines) is 1. The number of alkyl halides is 1. The summed E-state index contributed by atoms with van der Waals surface area (Å²) in [6.45, 7) is 2.48. The van der Waals surface area contributed by atoms with Crippen LogP contribution in [0.5, 0.6) is 0 Å². The van der Waals surface area contributed by atoms with Gasteiger partial charge in [0.2, 0.25) is 5.91 Å². The second-order valence-electron chi connectivity index (χ2n) is 10.8. The van der Waals surface area contributed by atoms with Crippen molar-refractivity contribution in [2.24, 2.45) is 10.9 Å². The van der Waals surface area contributed by atoms with Gasteiger partial charge in [0.15, 0.2) is 10.8 Å². The van der Waals surface area contributed by atoms with Gasteiger partial charge in [-0.25, -0.2) is 4.98 Å². The van der Waals surface area contributed by atoms with E-state index in [4.69, 9.17) is 16.3 Å². The number of aliphatic hydroxyl groups is 1. The van der Waals surface area contributed by atoms with Crippen molar-refractivity contribution in [3.05, 3.63) is 33.8 Å². The number of aromatic nitrogens is 1. The van der Waals surface area contributed by atoms with E-state index in [1.807, 2.05) is 13.0 Å². The van der Waals surface area contributed by atoms with E-state index in [0.717, 1.165) is 54.5 Å². The maximum Gasteiger partial charge on any atom is 0.280 e. The number of hydrogen-bond donors (Lipinski definition) is 2. The number of carbonyl (C=O) groups excluding carboxylic acids is 3. The molecule has 0 aromatic carbocycles. The zero-order valence-corrected chi connectivity index (χ0v) is 23.6. The molecule has 5 rings (SSSR count). The number of nitrogens with zero attached hydrogens (tertiary/aromatic N) is 3. The van der Waals surface area contributed by atoms with Crippen LogP contribution in [0, 0.1) is 5.92 Å². The minimum atomic E-state index is -0.762. The standard InChI is InChI=1S/C28H35ClN4O5S/c1-16-6-5-9-19(34)12-30-11-18(10-16)22-13-31-27(39-22)26(36)32-23(17-7-3-2-4-8-17)28(37)33-14-20(29)25-24(33)21(35)15-38-25/h6,10-11,13,17,19-20,23-25,34H,2-5,7-9,12,14-15H2,1H3,(H,32,36)/b16-6-,18-10+,30-11?/t19?,20-,23-,24+,25+/m0/s1. The van der Waals surface area contributed by atoms with Gasteiger partial charge in [0.25, 0.3) is 5.91 Å². The minimum Gasteiger partial charge on any atom is -0.391 e. The molecule has 0 radical (unpaired) electrons. The van der Waals surface area contributed by atoms with Gasteiger partial charge in [-0.05, 0) is 44.6 Å². The maximum atomic E-state index is 13.9. The summed E-state index contributed by atoms with van der Waals surface area (Å²) in [6, 6.07) is -1.45. The van der Waals surface area contributed by atoms with Crippen molar-refractivity contribution >= 4 is 52.3 Å². The van der Waals surface area contributed by atoms with Crippen LogP contribution in [0.1, 0.15) is 66.5 Å². The Morgan fingerprint density at radius 2 is 2.05 bits per heavy atom. The Morgan fingerprint density at radius 1 is 1.26 bits per heavy atom. The molecule has 3 aliphatic heterocycles. The van der Waals surface area contributed by atoms with Crippen LogP contribution < -0.4 is 5.32 Å². The lowest BCUT2D eigenvalue weighted by atomic mass is 9.83. The van der Waals surface area contributed by atoms with Crippen molar-refractivity contribution < 1.29 is 24.2 Å². The van der Waals surface area contributed by atoms with Crippen molar-refractivity contribution in [3.63, 3.8) is 0 Å². The summed E-state index contributed by atoms with van der Waals surface area (Å²) in [5, 5.41) is 12.8. The number of nitrogens with one attached hydrogen (secondary N) is 1. The number of allylic oxidation sites excluding steroid dienone is 4. The van der Waals surface area contributed by atoms with Gasteiger partial charge in [-0.15, -0.1) is 22.9 Å². The van der Waals surface area contributed by atoms with Crippen molar-refractivity contribution in [1.82, 2.24) is 15.2 Å². The lowest BCUT2D eigenvalue weighted by Gasteiger charge is -2.34. The first-order valence-corrected chi connectivity index (χ1v) is 15.0. The number of ketones is 1. The maximum absolute atomic E-state index is 13.9. The highest BCUT2D eigenvalue weighted by Gasteiger charge is 2.53. The van der Waals surface area contributed by atoms with Crippen LogP contribution in [0.25, 0.3) is 5.57 Å². The summed E-state index contributed by atoms with van der Waals surface area (Å²) < 4.78 is 5.56. The first kappa shape index (κ1) is 28.1. The van der Waals surface area contributed by atoms with Gasteiger partial charge in [0.05, 0.1) is 22.9 Å². The van der Waals surface area contributed by atoms with E-state index in [9.17, 15) is 19.5 Å². The molecule has 3 fully saturated rings. The number of thiazole rings is 1. The lowest BCUT2D eigenvalue weighted by Crippen LogP contribution is -2.55. The normalized spacial score (nSPS) is 31.7. The molecule has 39 heavy (non-hydrogen) atoms. The molecule has 2 amide bonds. The number of Topliss-reactive ketones (excluding diaryl/α,β-unsaturated/α-hetero) is 1. The van der Waals surface area contributed by atoms with E-state index < -0.39 is 35.6 Å². The molecule has 1 unspecified atom stereocenters. The predicted octanol–water partition coefficient (Wildman–Crippen LogP) is 3.16. The first-order chi connectivity index (χ1) is 18.8. The summed E-state index contributed by atoms with van der Waals surface area (Å²) in [7, 11) is 0. The Balaban J connectivity index is 1.36. The third kappa shape index (κ3) is 6.34. The SMILES string of the molecule is CC1=C/CCC(O)CN=C/C(c2cnc(C(=O)N[C@H](C(=O)N3C[C@H](Cl)[C@H]4OCC(=O)[C@H]43)C3CCCCC3)s2)=C\1. The number of aliphatic imine (C=N–C) groups is 1. The van der Waals surface area contributed by atoms with E-state index in [0.29, 0.717) is 13.0 Å². The summed E-state index contributed by atoms with van der Waals surface area (Å²) in [5.74, 6) is -0.854. The number of rotatable bonds is 5. The highest BCUT2D eigenvalue weighted by Crippen LogP contribution is 2.34. The largest absolute Gasteiger partial charge is 0.391 e. The van der Waals surface area contributed by atoms with Crippen LogP contribution in [-0.4, -0.2) is 88.2 Å². The van der Waals surface area contributed by atoms with E-state index in [-0.39, 0.29) is 35.8 Å². The minimum absolute atomic E-state index is 0.0211. The average molecular weight is 575 g/mol. The molecule has 5 atom stereocenters. The molecule has 1 aromatic heterocycles. The van der Waals surface area contributed by atoms with Gasteiger partial charge in [-0.1, -0.05) is 30.9 Å². The Labute approximate surface area is 237 Å². The lowest BCUT2D eigenvalue weighted by molar-refractivity contribution is -0.139. The number of fused-ring (bicyclic) bond motifs is 1. The molecule has 2 saturated heterocycles. The summed E-state index contributed by atoms with van der Waals surface area (Å²) in [5.41, 5.74) is 1.85. The van der Waals surface area contributed by atoms with E-state index >= 15 is 0 Å². The Kier molecular flexibility index (Phi) is 8.96. The molecule has 210 valence electrons. The number of carbonyl (C=O) groups is 3. The molecule has 4 heterocycles. The van der Waals surface area contributed by atoms with E-state index in [1.54, 1.807) is 12.4 Å². The molecule has 0 bridgehead atoms. The van der Waals surface area contributed by atoms with E-state index in [1.165, 1.54) is 16.2 Å². The van der Waals surface area contributed by atoms with Crippen LogP contribution in [0.2, 0.25) is 0 Å². The van der Waals surface area contributed by atoms with Crippen LogP contribution in [0.4, 0.5) is 0 Å². The summed E-state index contributed by atoms with van der Waals surface area (Å²) in [4.78, 5) is 50.9. The quantitative estimate of drug-likeness (QED) is 0.521. The number of hydrogen-bond acceptors (Lipinski definition) is 8. The van der Waals surface area contributed by atoms with Gasteiger partial charge >= 0.3 is 0 Å². The highest BCUT2D eigenvalue weighted by atomic mass is 35.5. The molecular weight excluding hydrogens is 540 g/mol. The molecule has 11 heteroatoms. The number of ether oxygens (including phenoxy) is 1. The Morgan fingerprint density at radius 3 is 2.85 bits per heavy atom. The van der Waals surface area contributed by atoms with Crippen LogP contribution in [-0.2, 0) is 14.3 Å². The Bertz CT molecular complexity index is 1190. The van der Waals surface area contributed by atoms with Crippen LogP contribution in [0.3, 0.4) is 0 Å². The first-order valence-electron chi connectivity index (χ1n) is 13.7. The fraction of sp³-hybridized carbons (Fsp3) is 0.607. The van der Waals surface area contributed by atoms with Gasteiger partial charge in [-0.3, -0.25) is 19.4 Å². The number of halogens is 1. The highest BCUT2D eigenvalue weighted by molar-refractivity contribution is 7.15. The fourth-order valence-electron chi connectivity index (χ4n) is 5.91. The van der Waals surface area contributed by atoms with Gasteiger partial charge in [0.1, 0.15) is 24.8 Å². The second kappa shape index (κ2) is 12.4. The zero-order chi connectivity index (χ0) is 27.5. The molecule has 1 saturated carbocycles. The number of aliphatic hydroxyl groups excluding tert-OH is 1. The third-order valence-corrected chi connectivity index (χ3v) is 9.39. The summed E-state index contributed by atoms with van der Waals surface area (Å²) in [6.07, 6.45) is 12.6. The Hall–Kier alpha value is -2.40. The average Bonchev–Trinajstić information content (AvgIpc) is 3.65. The molecule has 9 nitrogen and oxygen atoms in total. The van der Waals surface area contributed by atoms with Crippen molar-refractivity contribution in [2.75, 3.05) is 19.7 Å². The third-order valence-electron chi connectivity index (χ3n) is 7.96. The molecule has 2 N–H and O–H groups in total. The van der Waals surface area contributed by atoms with Gasteiger partial charge in [0, 0.05) is 24.5 Å². The van der Waals surface area contributed by atoms with Crippen molar-refractivity contribution in [1.29, 1.82) is 0 Å². The molecule has 4 aliphatic rings. The van der Waals surface area contributed by atoms with Crippen molar-refractivity contribution in [3.8, 4) is 0 Å². The molecule has 0 spiro atoms. The summed E-state index contributed by atoms with van der Waals surface area (Å²) >= 11 is 7.68. The van der Waals surface area contributed by atoms with E-state index in [2.05, 4.69) is 21.4 Å². The zero-order valence-electron chi connectivity index (χ0n) is 22.1. The van der Waals surface area contributed by atoms with Gasteiger partial charge in [-0.2, -0.15) is 0 Å². The van der Waals surface area contributed by atoms with Crippen LogP contribution >= 0.6 is 22.9 Å².